The van der Waals surface area contributed by atoms with Gasteiger partial charge in [0, 0.05) is 0 Å². The van der Waals surface area contributed by atoms with Crippen LogP contribution in [0.3, 0.4) is 0 Å². The summed E-state index contributed by atoms with van der Waals surface area (Å²) in [6.07, 6.45) is -1.84. The smallest absolute Gasteiger partial charge is 0.287 e. The molecule has 2 aromatic rings. The van der Waals surface area contributed by atoms with Crippen LogP contribution in [0, 0.1) is 11.3 Å². The van der Waals surface area contributed by atoms with Crippen molar-refractivity contribution in [1.29, 1.82) is 5.26 Å². The predicted octanol–water partition coefficient (Wildman–Crippen LogP) is 2.16. The molecule has 0 saturated carbocycles. The van der Waals surface area contributed by atoms with Gasteiger partial charge in [0.1, 0.15) is 18.7 Å². The van der Waals surface area contributed by atoms with Crippen LogP contribution in [0.25, 0.3) is 5.69 Å². The normalized spacial score (nSPS) is 11.2. The maximum atomic E-state index is 12.4. The van der Waals surface area contributed by atoms with Gasteiger partial charge in [-0.2, -0.15) is 18.4 Å². The SMILES string of the molecule is N#Cc1cc(C(F)(F)F)ccc1-n1cnnc1. The van der Waals surface area contributed by atoms with E-state index in [0.717, 1.165) is 12.1 Å². The number of rotatable bonds is 1. The average molecular weight is 238 g/mol. The Kier molecular flexibility index (Phi) is 2.55. The van der Waals surface area contributed by atoms with E-state index in [1.54, 1.807) is 6.07 Å². The van der Waals surface area contributed by atoms with Gasteiger partial charge in [0.25, 0.3) is 0 Å². The van der Waals surface area contributed by atoms with Crippen LogP contribution < -0.4 is 0 Å². The van der Waals surface area contributed by atoms with E-state index < -0.39 is 11.7 Å². The van der Waals surface area contributed by atoms with Gasteiger partial charge in [-0.05, 0) is 18.2 Å². The quantitative estimate of drug-likeness (QED) is 0.764. The highest BCUT2D eigenvalue weighted by atomic mass is 19.4. The van der Waals surface area contributed by atoms with Gasteiger partial charge in [-0.3, -0.25) is 4.57 Å². The lowest BCUT2D eigenvalue weighted by atomic mass is 10.1. The molecule has 1 heterocycles. The third kappa shape index (κ3) is 2.10. The van der Waals surface area contributed by atoms with Crippen LogP contribution in [0.4, 0.5) is 13.2 Å². The summed E-state index contributed by atoms with van der Waals surface area (Å²) in [5.74, 6) is 0. The van der Waals surface area contributed by atoms with Crippen LogP contribution >= 0.6 is 0 Å². The molecule has 0 amide bonds. The Labute approximate surface area is 93.9 Å². The van der Waals surface area contributed by atoms with E-state index in [0.29, 0.717) is 5.69 Å². The van der Waals surface area contributed by atoms with E-state index >= 15 is 0 Å². The lowest BCUT2D eigenvalue weighted by Crippen LogP contribution is -2.06. The number of alkyl halides is 3. The number of hydrogen-bond donors (Lipinski definition) is 0. The van der Waals surface area contributed by atoms with Crippen molar-refractivity contribution in [3.63, 3.8) is 0 Å². The summed E-state index contributed by atoms with van der Waals surface area (Å²) < 4.78 is 38.7. The molecule has 0 spiro atoms. The molecule has 0 radical (unpaired) electrons. The number of benzene rings is 1. The van der Waals surface area contributed by atoms with Gasteiger partial charge >= 0.3 is 6.18 Å². The van der Waals surface area contributed by atoms with Crippen molar-refractivity contribution in [3.8, 4) is 11.8 Å². The van der Waals surface area contributed by atoms with E-state index in [9.17, 15) is 13.2 Å². The maximum absolute atomic E-state index is 12.4. The van der Waals surface area contributed by atoms with E-state index in [1.165, 1.54) is 23.3 Å². The summed E-state index contributed by atoms with van der Waals surface area (Å²) in [6, 6.07) is 4.65. The highest BCUT2D eigenvalue weighted by Crippen LogP contribution is 2.31. The molecular weight excluding hydrogens is 233 g/mol. The zero-order chi connectivity index (χ0) is 12.5. The van der Waals surface area contributed by atoms with Gasteiger partial charge in [-0.15, -0.1) is 10.2 Å². The van der Waals surface area contributed by atoms with Crippen molar-refractivity contribution in [3.05, 3.63) is 42.0 Å². The van der Waals surface area contributed by atoms with Crippen LogP contribution in [0.1, 0.15) is 11.1 Å². The molecule has 0 unspecified atom stereocenters. The monoisotopic (exact) mass is 238 g/mol. The Bertz CT molecular complexity index is 566. The van der Waals surface area contributed by atoms with Crippen LogP contribution in [0.2, 0.25) is 0 Å². The van der Waals surface area contributed by atoms with Crippen LogP contribution in [-0.4, -0.2) is 14.8 Å². The molecule has 0 atom stereocenters. The van der Waals surface area contributed by atoms with Crippen LogP contribution in [0.5, 0.6) is 0 Å². The van der Waals surface area contributed by atoms with Crippen LogP contribution in [-0.2, 0) is 6.18 Å². The van der Waals surface area contributed by atoms with Crippen molar-refractivity contribution in [1.82, 2.24) is 14.8 Å². The fourth-order valence-corrected chi connectivity index (χ4v) is 1.35. The zero-order valence-corrected chi connectivity index (χ0v) is 8.31. The molecule has 2 rings (SSSR count). The highest BCUT2D eigenvalue weighted by molar-refractivity contribution is 5.50. The molecule has 0 fully saturated rings. The summed E-state index contributed by atoms with van der Waals surface area (Å²) in [5, 5.41) is 15.9. The second-order valence-corrected chi connectivity index (χ2v) is 3.21. The topological polar surface area (TPSA) is 54.5 Å². The first-order valence-corrected chi connectivity index (χ1v) is 4.48. The van der Waals surface area contributed by atoms with Crippen molar-refractivity contribution in [2.24, 2.45) is 0 Å². The molecule has 4 nitrogen and oxygen atoms in total. The summed E-state index contributed by atoms with van der Waals surface area (Å²) >= 11 is 0. The largest absolute Gasteiger partial charge is 0.416 e. The Morgan fingerprint density at radius 2 is 1.82 bits per heavy atom. The summed E-state index contributed by atoms with van der Waals surface area (Å²) in [7, 11) is 0. The Hall–Kier alpha value is -2.36. The molecule has 7 heteroatoms. The average Bonchev–Trinajstić information content (AvgIpc) is 2.80. The van der Waals surface area contributed by atoms with Gasteiger partial charge in [0.05, 0.1) is 16.8 Å². The van der Waals surface area contributed by atoms with E-state index in [2.05, 4.69) is 10.2 Å². The number of halogens is 3. The molecule has 86 valence electrons. The minimum atomic E-state index is -4.46. The molecule has 0 aliphatic carbocycles. The lowest BCUT2D eigenvalue weighted by molar-refractivity contribution is -0.137. The van der Waals surface area contributed by atoms with Gasteiger partial charge < -0.3 is 0 Å². The van der Waals surface area contributed by atoms with E-state index in [4.69, 9.17) is 5.26 Å². The van der Waals surface area contributed by atoms with Gasteiger partial charge in [-0.1, -0.05) is 0 Å². The third-order valence-electron chi connectivity index (χ3n) is 2.14. The molecule has 1 aromatic heterocycles. The number of aromatic nitrogens is 3. The summed E-state index contributed by atoms with van der Waals surface area (Å²) in [6.45, 7) is 0. The van der Waals surface area contributed by atoms with E-state index in [1.807, 2.05) is 0 Å². The predicted molar refractivity (Wildman–Crippen MR) is 51.1 cm³/mol. The Balaban J connectivity index is 2.55. The standard InChI is InChI=1S/C10H5F3N4/c11-10(12,13)8-1-2-9(7(3-8)4-14)17-5-15-16-6-17/h1-3,5-6H. The first-order valence-electron chi connectivity index (χ1n) is 4.48. The molecule has 0 aliphatic heterocycles. The fraction of sp³-hybridized carbons (Fsp3) is 0.100. The first-order chi connectivity index (χ1) is 8.02. The van der Waals surface area contributed by atoms with Crippen molar-refractivity contribution < 1.29 is 13.2 Å². The maximum Gasteiger partial charge on any atom is 0.416 e. The van der Waals surface area contributed by atoms with Gasteiger partial charge in [-0.25, -0.2) is 0 Å². The molecule has 0 bridgehead atoms. The number of hydrogen-bond acceptors (Lipinski definition) is 3. The Morgan fingerprint density at radius 3 is 2.35 bits per heavy atom. The van der Waals surface area contributed by atoms with Crippen molar-refractivity contribution in [2.45, 2.75) is 6.18 Å². The van der Waals surface area contributed by atoms with Crippen molar-refractivity contribution >= 4 is 0 Å². The van der Waals surface area contributed by atoms with Gasteiger partial charge in [0.15, 0.2) is 0 Å². The van der Waals surface area contributed by atoms with E-state index in [-0.39, 0.29) is 5.56 Å². The second-order valence-electron chi connectivity index (χ2n) is 3.21. The second kappa shape index (κ2) is 3.90. The molecule has 0 saturated heterocycles. The molecule has 17 heavy (non-hydrogen) atoms. The first kappa shape index (κ1) is 11.1. The van der Waals surface area contributed by atoms with Crippen LogP contribution in [0.15, 0.2) is 30.9 Å². The summed E-state index contributed by atoms with van der Waals surface area (Å²) in [5.41, 5.74) is -0.629. The van der Waals surface area contributed by atoms with Gasteiger partial charge in [0.2, 0.25) is 0 Å². The molecule has 1 aromatic carbocycles. The van der Waals surface area contributed by atoms with Crippen molar-refractivity contribution in [2.75, 3.05) is 0 Å². The zero-order valence-electron chi connectivity index (χ0n) is 8.31. The third-order valence-corrected chi connectivity index (χ3v) is 2.14. The Morgan fingerprint density at radius 1 is 1.18 bits per heavy atom. The number of nitrogens with zero attached hydrogens (tertiary/aromatic N) is 4. The lowest BCUT2D eigenvalue weighted by Gasteiger charge is -2.09. The highest BCUT2D eigenvalue weighted by Gasteiger charge is 2.31. The molecule has 0 aliphatic rings. The molecular formula is C10H5F3N4. The minimum Gasteiger partial charge on any atom is -0.287 e. The summed E-state index contributed by atoms with van der Waals surface area (Å²) in [4.78, 5) is 0. The molecule has 0 N–H and O–H groups in total. The number of nitriles is 1. The fourth-order valence-electron chi connectivity index (χ4n) is 1.35. The minimum absolute atomic E-state index is 0.0837.